The first-order valence-electron chi connectivity index (χ1n) is 6.40. The number of H-pyrrole nitrogens is 1. The minimum absolute atomic E-state index is 0.0308. The maximum Gasteiger partial charge on any atom is 0.253 e. The lowest BCUT2D eigenvalue weighted by Gasteiger charge is -2.07. The normalized spacial score (nSPS) is 10.8. The number of aromatic nitrogens is 3. The summed E-state index contributed by atoms with van der Waals surface area (Å²) in [4.78, 5) is 22.5. The van der Waals surface area contributed by atoms with Crippen LogP contribution in [0.5, 0.6) is 5.75 Å². The van der Waals surface area contributed by atoms with E-state index >= 15 is 0 Å². The summed E-state index contributed by atoms with van der Waals surface area (Å²) in [6, 6.07) is 6.98. The van der Waals surface area contributed by atoms with E-state index in [2.05, 4.69) is 20.3 Å². The third-order valence-electron chi connectivity index (χ3n) is 3.12. The Morgan fingerprint density at radius 1 is 1.36 bits per heavy atom. The quantitative estimate of drug-likeness (QED) is 0.586. The molecule has 3 aromatic rings. The van der Waals surface area contributed by atoms with Crippen LogP contribution in [0.15, 0.2) is 35.3 Å². The minimum Gasteiger partial charge on any atom is -0.503 e. The van der Waals surface area contributed by atoms with Gasteiger partial charge in [-0.3, -0.25) is 4.79 Å². The predicted molar refractivity (Wildman–Crippen MR) is 85.0 cm³/mol. The summed E-state index contributed by atoms with van der Waals surface area (Å²) in [6.45, 7) is 0.210. The maximum atomic E-state index is 12.0. The number of fused-ring (bicyclic) bond motifs is 1. The fourth-order valence-electron chi connectivity index (χ4n) is 2.00. The molecule has 0 unspecified atom stereocenters. The second-order valence-electron chi connectivity index (χ2n) is 4.67. The molecule has 0 saturated carbocycles. The molecule has 0 aliphatic heterocycles. The molecule has 2 heterocycles. The van der Waals surface area contributed by atoms with Crippen molar-refractivity contribution in [3.8, 4) is 5.75 Å². The zero-order chi connectivity index (χ0) is 15.7. The Labute approximate surface area is 129 Å². The van der Waals surface area contributed by atoms with Crippen LogP contribution in [0.3, 0.4) is 0 Å². The van der Waals surface area contributed by atoms with Crippen molar-refractivity contribution in [3.63, 3.8) is 0 Å². The lowest BCUT2D eigenvalue weighted by molar-refractivity contribution is 0.473. The van der Waals surface area contributed by atoms with E-state index in [1.807, 2.05) is 0 Å². The number of nitrogens with zero attached hydrogens (tertiary/aromatic N) is 2. The molecule has 0 saturated heterocycles. The fraction of sp³-hybridized carbons (Fsp3) is 0.0714. The average Bonchev–Trinajstić information content (AvgIpc) is 2.49. The van der Waals surface area contributed by atoms with Gasteiger partial charge in [0.1, 0.15) is 0 Å². The van der Waals surface area contributed by atoms with Crippen molar-refractivity contribution in [2.45, 2.75) is 6.54 Å². The van der Waals surface area contributed by atoms with Crippen molar-refractivity contribution < 1.29 is 5.11 Å². The molecule has 22 heavy (non-hydrogen) atoms. The highest BCUT2D eigenvalue weighted by molar-refractivity contribution is 6.31. The Bertz CT molecular complexity index is 909. The van der Waals surface area contributed by atoms with Crippen LogP contribution >= 0.6 is 11.6 Å². The van der Waals surface area contributed by atoms with Crippen molar-refractivity contribution in [1.29, 1.82) is 0 Å². The van der Waals surface area contributed by atoms with Gasteiger partial charge in [0.05, 0.1) is 6.20 Å². The standard InChI is InChI=1S/C14H12ClN5O2/c15-9-1-2-10-7(4-9)3-8(13(22)19-10)5-17-14-18-6-11(21)12(16)20-14/h1-4,6,21H,5H2,(H,19,22)(H3,16,17,18,20). The number of halogens is 1. The molecular formula is C14H12ClN5O2. The molecule has 1 aromatic carbocycles. The van der Waals surface area contributed by atoms with E-state index in [0.717, 1.165) is 5.39 Å². The minimum atomic E-state index is -0.214. The Balaban J connectivity index is 1.88. The Morgan fingerprint density at radius 2 is 2.18 bits per heavy atom. The molecule has 3 rings (SSSR count). The summed E-state index contributed by atoms with van der Waals surface area (Å²) >= 11 is 5.95. The number of pyridine rings is 1. The van der Waals surface area contributed by atoms with Gasteiger partial charge in [0.15, 0.2) is 11.6 Å². The summed E-state index contributed by atoms with van der Waals surface area (Å²) in [5.41, 5.74) is 6.49. The molecule has 0 amide bonds. The van der Waals surface area contributed by atoms with Crippen LogP contribution in [0.1, 0.15) is 5.56 Å². The predicted octanol–water partition coefficient (Wildman–Crippen LogP) is 1.87. The molecule has 0 radical (unpaired) electrons. The maximum absolute atomic E-state index is 12.0. The van der Waals surface area contributed by atoms with Gasteiger partial charge in [-0.15, -0.1) is 0 Å². The van der Waals surface area contributed by atoms with Gasteiger partial charge >= 0.3 is 0 Å². The first-order valence-corrected chi connectivity index (χ1v) is 6.77. The molecule has 0 atom stereocenters. The van der Waals surface area contributed by atoms with Crippen molar-refractivity contribution >= 4 is 34.3 Å². The largest absolute Gasteiger partial charge is 0.503 e. The summed E-state index contributed by atoms with van der Waals surface area (Å²) in [6.07, 6.45) is 1.19. The van der Waals surface area contributed by atoms with E-state index in [-0.39, 0.29) is 29.6 Å². The molecule has 0 bridgehead atoms. The number of nitrogen functional groups attached to an aromatic ring is 1. The van der Waals surface area contributed by atoms with Crippen LogP contribution < -0.4 is 16.6 Å². The van der Waals surface area contributed by atoms with Gasteiger partial charge < -0.3 is 21.1 Å². The highest BCUT2D eigenvalue weighted by atomic mass is 35.5. The number of hydrogen-bond donors (Lipinski definition) is 4. The Hall–Kier alpha value is -2.80. The van der Waals surface area contributed by atoms with Gasteiger partial charge in [-0.25, -0.2) is 4.98 Å². The van der Waals surface area contributed by atoms with Gasteiger partial charge in [0.25, 0.3) is 5.56 Å². The number of nitrogens with one attached hydrogen (secondary N) is 2. The summed E-state index contributed by atoms with van der Waals surface area (Å²) in [7, 11) is 0. The van der Waals surface area contributed by atoms with E-state index in [4.69, 9.17) is 17.3 Å². The van der Waals surface area contributed by atoms with Crippen molar-refractivity contribution in [2.24, 2.45) is 0 Å². The zero-order valence-electron chi connectivity index (χ0n) is 11.3. The molecule has 0 aliphatic rings. The number of hydrogen-bond acceptors (Lipinski definition) is 6. The van der Waals surface area contributed by atoms with E-state index in [1.165, 1.54) is 6.20 Å². The second kappa shape index (κ2) is 5.53. The number of nitrogens with two attached hydrogens (primary N) is 1. The number of anilines is 2. The number of aromatic amines is 1. The van der Waals surface area contributed by atoms with E-state index in [1.54, 1.807) is 24.3 Å². The van der Waals surface area contributed by atoms with Gasteiger partial charge in [-0.05, 0) is 24.3 Å². The Morgan fingerprint density at radius 3 is 2.95 bits per heavy atom. The van der Waals surface area contributed by atoms with Crippen LogP contribution in [0, 0.1) is 0 Å². The molecule has 2 aromatic heterocycles. The van der Waals surface area contributed by atoms with Crippen LogP contribution in [0.25, 0.3) is 10.9 Å². The third kappa shape index (κ3) is 2.79. The van der Waals surface area contributed by atoms with Gasteiger partial charge in [-0.1, -0.05) is 11.6 Å². The van der Waals surface area contributed by atoms with Crippen molar-refractivity contribution in [1.82, 2.24) is 15.0 Å². The molecule has 0 spiro atoms. The molecular weight excluding hydrogens is 306 g/mol. The summed E-state index contributed by atoms with van der Waals surface area (Å²) in [5.74, 6) is 0.00124. The van der Waals surface area contributed by atoms with E-state index in [9.17, 15) is 9.90 Å². The SMILES string of the molecule is Nc1nc(NCc2cc3cc(Cl)ccc3[nH]c2=O)ncc1O. The lowest BCUT2D eigenvalue weighted by atomic mass is 10.1. The van der Waals surface area contributed by atoms with E-state index in [0.29, 0.717) is 16.1 Å². The highest BCUT2D eigenvalue weighted by Crippen LogP contribution is 2.18. The van der Waals surface area contributed by atoms with Crippen LogP contribution in [0.2, 0.25) is 5.02 Å². The molecule has 5 N–H and O–H groups in total. The average molecular weight is 318 g/mol. The highest BCUT2D eigenvalue weighted by Gasteiger charge is 2.06. The van der Waals surface area contributed by atoms with E-state index < -0.39 is 0 Å². The summed E-state index contributed by atoms with van der Waals surface area (Å²) < 4.78 is 0. The topological polar surface area (TPSA) is 117 Å². The molecule has 0 fully saturated rings. The van der Waals surface area contributed by atoms with Crippen molar-refractivity contribution in [3.05, 3.63) is 51.4 Å². The lowest BCUT2D eigenvalue weighted by Crippen LogP contribution is -2.16. The zero-order valence-corrected chi connectivity index (χ0v) is 12.1. The van der Waals surface area contributed by atoms with Crippen LogP contribution in [0.4, 0.5) is 11.8 Å². The second-order valence-corrected chi connectivity index (χ2v) is 5.11. The number of benzene rings is 1. The monoisotopic (exact) mass is 317 g/mol. The van der Waals surface area contributed by atoms with Gasteiger partial charge in [0, 0.05) is 28.0 Å². The Kier molecular flexibility index (Phi) is 3.56. The molecule has 7 nitrogen and oxygen atoms in total. The van der Waals surface area contributed by atoms with Gasteiger partial charge in [-0.2, -0.15) is 4.98 Å². The molecule has 112 valence electrons. The van der Waals surface area contributed by atoms with Crippen LogP contribution in [-0.4, -0.2) is 20.1 Å². The summed E-state index contributed by atoms with van der Waals surface area (Å²) in [5, 5.41) is 13.6. The smallest absolute Gasteiger partial charge is 0.253 e. The number of aromatic hydroxyl groups is 1. The first kappa shape index (κ1) is 14.2. The van der Waals surface area contributed by atoms with Crippen molar-refractivity contribution in [2.75, 3.05) is 11.1 Å². The fourth-order valence-corrected chi connectivity index (χ4v) is 2.18. The first-order chi connectivity index (χ1) is 10.5. The molecule has 8 heteroatoms. The number of rotatable bonds is 3. The van der Waals surface area contributed by atoms with Gasteiger partial charge in [0.2, 0.25) is 5.95 Å². The van der Waals surface area contributed by atoms with Crippen LogP contribution in [-0.2, 0) is 6.54 Å². The third-order valence-corrected chi connectivity index (χ3v) is 3.35. The molecule has 0 aliphatic carbocycles.